The minimum Gasteiger partial charge on any atom is -0.322 e. The van der Waals surface area contributed by atoms with Crippen LogP contribution in [0.15, 0.2) is 36.7 Å². The molecule has 8 nitrogen and oxygen atoms in total. The molecule has 3 aliphatic heterocycles. The van der Waals surface area contributed by atoms with Gasteiger partial charge in [0.25, 0.3) is 0 Å². The third kappa shape index (κ3) is 5.48. The lowest BCUT2D eigenvalue weighted by molar-refractivity contribution is 0.0340. The molecular formula is C32H37F3N8. The molecule has 11 heteroatoms. The lowest BCUT2D eigenvalue weighted by atomic mass is 9.71. The first kappa shape index (κ1) is 28.2. The van der Waals surface area contributed by atoms with Crippen molar-refractivity contribution in [3.8, 4) is 11.3 Å². The molecule has 0 bridgehead atoms. The van der Waals surface area contributed by atoms with Gasteiger partial charge in [-0.2, -0.15) is 0 Å². The lowest BCUT2D eigenvalue weighted by Crippen LogP contribution is -2.46. The summed E-state index contributed by atoms with van der Waals surface area (Å²) in [6.45, 7) is 8.38. The Labute approximate surface area is 249 Å². The summed E-state index contributed by atoms with van der Waals surface area (Å²) in [6, 6.07) is 6.35. The van der Waals surface area contributed by atoms with E-state index in [4.69, 9.17) is 0 Å². The molecule has 7 rings (SSSR count). The molecule has 0 aliphatic carbocycles. The van der Waals surface area contributed by atoms with Gasteiger partial charge in [-0.3, -0.25) is 4.90 Å². The van der Waals surface area contributed by atoms with Crippen molar-refractivity contribution < 1.29 is 13.2 Å². The minimum absolute atomic E-state index is 0.0523. The first-order valence-corrected chi connectivity index (χ1v) is 15.4. The van der Waals surface area contributed by atoms with Gasteiger partial charge in [0, 0.05) is 24.7 Å². The first-order chi connectivity index (χ1) is 20.9. The Balaban J connectivity index is 1.02. The van der Waals surface area contributed by atoms with Gasteiger partial charge in [0.15, 0.2) is 11.6 Å². The summed E-state index contributed by atoms with van der Waals surface area (Å²) >= 11 is 0. The molecule has 0 amide bonds. The fourth-order valence-electron chi connectivity index (χ4n) is 7.12. The Kier molecular flexibility index (Phi) is 7.54. The molecule has 226 valence electrons. The van der Waals surface area contributed by atoms with Crippen LogP contribution in [0.25, 0.3) is 22.3 Å². The quantitative estimate of drug-likeness (QED) is 0.280. The second-order valence-corrected chi connectivity index (χ2v) is 12.3. The standard InChI is InChI=1S/C32H37F3N8/c1-2-41-11-7-32(8-12-41)9-13-42(14-10-32)20-21-3-5-27(36-18-21)38-31-37-19-25(35)29(40-31)22-15-24(34)30-26(16-22)43-23(17-33)4-6-28(43)39-30/h3,5,15-16,18-19,23H,2,4,6-14,17,20H2,1H3,(H,36,37,38,40). The van der Waals surface area contributed by atoms with Gasteiger partial charge in [-0.25, -0.2) is 33.1 Å². The first-order valence-electron chi connectivity index (χ1n) is 15.4. The summed E-state index contributed by atoms with van der Waals surface area (Å²) < 4.78 is 45.3. The molecule has 1 atom stereocenters. The summed E-state index contributed by atoms with van der Waals surface area (Å²) in [7, 11) is 0. The Bertz CT molecular complexity index is 1600. The highest BCUT2D eigenvalue weighted by Crippen LogP contribution is 2.41. The van der Waals surface area contributed by atoms with Crippen LogP contribution in [0.1, 0.15) is 56.5 Å². The molecule has 1 unspecified atom stereocenters. The average molecular weight is 591 g/mol. The summed E-state index contributed by atoms with van der Waals surface area (Å²) in [4.78, 5) is 22.4. The Hall–Kier alpha value is -3.57. The fourth-order valence-corrected chi connectivity index (χ4v) is 7.12. The van der Waals surface area contributed by atoms with Crippen molar-refractivity contribution in [2.24, 2.45) is 5.41 Å². The zero-order chi connectivity index (χ0) is 29.6. The number of hydrogen-bond acceptors (Lipinski definition) is 7. The number of nitrogens with zero attached hydrogens (tertiary/aromatic N) is 7. The molecule has 1 N–H and O–H groups in total. The number of imidazole rings is 1. The second kappa shape index (κ2) is 11.5. The number of anilines is 2. The number of nitrogens with one attached hydrogen (secondary N) is 1. The third-order valence-electron chi connectivity index (χ3n) is 9.84. The number of rotatable bonds is 7. The van der Waals surface area contributed by atoms with E-state index in [0.29, 0.717) is 35.4 Å². The van der Waals surface area contributed by atoms with E-state index in [1.807, 2.05) is 18.3 Å². The Morgan fingerprint density at radius 2 is 1.70 bits per heavy atom. The van der Waals surface area contributed by atoms with E-state index in [1.165, 1.54) is 44.8 Å². The lowest BCUT2D eigenvalue weighted by Gasteiger charge is -2.46. The van der Waals surface area contributed by atoms with Crippen LogP contribution < -0.4 is 5.32 Å². The van der Waals surface area contributed by atoms with Crippen LogP contribution in [0.5, 0.6) is 0 Å². The predicted molar refractivity (Wildman–Crippen MR) is 160 cm³/mol. The second-order valence-electron chi connectivity index (χ2n) is 12.3. The zero-order valence-corrected chi connectivity index (χ0v) is 24.5. The van der Waals surface area contributed by atoms with Gasteiger partial charge in [-0.15, -0.1) is 0 Å². The number of halogens is 3. The van der Waals surface area contributed by atoms with Crippen LogP contribution in [-0.2, 0) is 13.0 Å². The van der Waals surface area contributed by atoms with E-state index < -0.39 is 24.4 Å². The molecule has 6 heterocycles. The van der Waals surface area contributed by atoms with Gasteiger partial charge >= 0.3 is 0 Å². The van der Waals surface area contributed by atoms with Gasteiger partial charge in [0.05, 0.1) is 17.8 Å². The topological polar surface area (TPSA) is 75.0 Å². The molecule has 2 fully saturated rings. The maximum Gasteiger partial charge on any atom is 0.229 e. The highest BCUT2D eigenvalue weighted by atomic mass is 19.1. The van der Waals surface area contributed by atoms with Crippen molar-refractivity contribution in [1.29, 1.82) is 0 Å². The van der Waals surface area contributed by atoms with E-state index in [-0.39, 0.29) is 22.7 Å². The Morgan fingerprint density at radius 3 is 2.40 bits per heavy atom. The highest BCUT2D eigenvalue weighted by Gasteiger charge is 2.37. The van der Waals surface area contributed by atoms with E-state index >= 15 is 4.39 Å². The van der Waals surface area contributed by atoms with Crippen LogP contribution in [0.2, 0.25) is 0 Å². The van der Waals surface area contributed by atoms with Gasteiger partial charge in [0.1, 0.15) is 29.5 Å². The number of fused-ring (bicyclic) bond motifs is 3. The smallest absolute Gasteiger partial charge is 0.229 e. The Morgan fingerprint density at radius 1 is 0.930 bits per heavy atom. The van der Waals surface area contributed by atoms with Gasteiger partial charge in [-0.05, 0) is 94.0 Å². The van der Waals surface area contributed by atoms with Crippen molar-refractivity contribution in [3.63, 3.8) is 0 Å². The van der Waals surface area contributed by atoms with E-state index in [9.17, 15) is 8.78 Å². The summed E-state index contributed by atoms with van der Waals surface area (Å²) in [5.41, 5.74) is 2.45. The van der Waals surface area contributed by atoms with Crippen LogP contribution in [0.4, 0.5) is 24.9 Å². The summed E-state index contributed by atoms with van der Waals surface area (Å²) in [6.07, 6.45) is 9.26. The highest BCUT2D eigenvalue weighted by molar-refractivity contribution is 5.83. The number of benzene rings is 1. The van der Waals surface area contributed by atoms with Crippen LogP contribution in [-0.4, -0.2) is 73.7 Å². The van der Waals surface area contributed by atoms with Crippen molar-refractivity contribution >= 4 is 22.8 Å². The maximum absolute atomic E-state index is 15.1. The number of likely N-dealkylation sites (tertiary alicyclic amines) is 2. The third-order valence-corrected chi connectivity index (χ3v) is 9.84. The van der Waals surface area contributed by atoms with Crippen molar-refractivity contribution in [3.05, 3.63) is 59.7 Å². The van der Waals surface area contributed by atoms with Gasteiger partial charge in [0.2, 0.25) is 5.95 Å². The number of pyridine rings is 1. The molecule has 4 aromatic rings. The largest absolute Gasteiger partial charge is 0.322 e. The normalized spacial score (nSPS) is 20.6. The minimum atomic E-state index is -0.685. The molecule has 2 saturated heterocycles. The van der Waals surface area contributed by atoms with Crippen molar-refractivity contribution in [1.82, 2.24) is 34.3 Å². The fraction of sp³-hybridized carbons (Fsp3) is 0.500. The monoisotopic (exact) mass is 590 g/mol. The van der Waals surface area contributed by atoms with Crippen LogP contribution >= 0.6 is 0 Å². The van der Waals surface area contributed by atoms with E-state index in [1.54, 1.807) is 10.6 Å². The number of alkyl halides is 1. The number of aromatic nitrogens is 5. The molecular weight excluding hydrogens is 553 g/mol. The molecule has 1 spiro atoms. The maximum atomic E-state index is 15.1. The SMILES string of the molecule is CCN1CCC2(CC1)CCN(Cc1ccc(Nc3ncc(F)c(-c4cc(F)c5nc6n(c5c4)C(CF)CC6)n3)nc1)CC2. The molecule has 0 radical (unpaired) electrons. The van der Waals surface area contributed by atoms with E-state index in [2.05, 4.69) is 42.0 Å². The number of hydrogen-bond donors (Lipinski definition) is 1. The van der Waals surface area contributed by atoms with Gasteiger partial charge < -0.3 is 14.8 Å². The molecule has 1 aromatic carbocycles. The van der Waals surface area contributed by atoms with E-state index in [0.717, 1.165) is 37.9 Å². The van der Waals surface area contributed by atoms with Crippen LogP contribution in [0, 0.1) is 17.0 Å². The molecule has 3 aromatic heterocycles. The summed E-state index contributed by atoms with van der Waals surface area (Å²) in [5, 5.41) is 3.05. The van der Waals surface area contributed by atoms with Crippen LogP contribution in [0.3, 0.4) is 0 Å². The number of piperidine rings is 2. The van der Waals surface area contributed by atoms with Gasteiger partial charge in [-0.1, -0.05) is 13.0 Å². The van der Waals surface area contributed by atoms with Crippen molar-refractivity contribution in [2.75, 3.05) is 44.7 Å². The average Bonchev–Trinajstić information content (AvgIpc) is 3.61. The molecule has 43 heavy (non-hydrogen) atoms. The predicted octanol–water partition coefficient (Wildman–Crippen LogP) is 6.06. The molecule has 3 aliphatic rings. The number of aryl methyl sites for hydroxylation is 1. The van der Waals surface area contributed by atoms with Crippen molar-refractivity contribution in [2.45, 2.75) is 58.0 Å². The molecule has 0 saturated carbocycles. The summed E-state index contributed by atoms with van der Waals surface area (Å²) in [5.74, 6) is 0.0403. The zero-order valence-electron chi connectivity index (χ0n) is 24.5.